The van der Waals surface area contributed by atoms with Gasteiger partial charge >= 0.3 is 0 Å². The van der Waals surface area contributed by atoms with Crippen molar-refractivity contribution in [2.75, 3.05) is 19.5 Å². The summed E-state index contributed by atoms with van der Waals surface area (Å²) in [5.41, 5.74) is 2.85. The van der Waals surface area contributed by atoms with Crippen molar-refractivity contribution in [3.8, 4) is 17.2 Å². The first-order chi connectivity index (χ1) is 9.55. The van der Waals surface area contributed by atoms with Crippen LogP contribution in [-0.4, -0.2) is 29.1 Å². The molecule has 1 aromatic carbocycles. The summed E-state index contributed by atoms with van der Waals surface area (Å²) in [5, 5.41) is 17.4. The highest BCUT2D eigenvalue weighted by molar-refractivity contribution is 5.54. The molecule has 1 heterocycles. The van der Waals surface area contributed by atoms with Crippen LogP contribution >= 0.6 is 0 Å². The first kappa shape index (κ1) is 14.0. The van der Waals surface area contributed by atoms with Crippen LogP contribution in [0.4, 0.5) is 5.69 Å². The number of aromatic hydroxyl groups is 1. The van der Waals surface area contributed by atoms with Crippen LogP contribution in [0.5, 0.6) is 17.2 Å². The van der Waals surface area contributed by atoms with E-state index in [9.17, 15) is 5.11 Å². The van der Waals surface area contributed by atoms with Gasteiger partial charge in [-0.2, -0.15) is 5.10 Å². The van der Waals surface area contributed by atoms with Gasteiger partial charge in [-0.05, 0) is 24.6 Å². The average molecular weight is 277 g/mol. The van der Waals surface area contributed by atoms with Crippen molar-refractivity contribution < 1.29 is 14.6 Å². The Balaban J connectivity index is 2.19. The monoisotopic (exact) mass is 277 g/mol. The van der Waals surface area contributed by atoms with Gasteiger partial charge in [-0.25, -0.2) is 0 Å². The number of hydrogen-bond donors (Lipinski definition) is 2. The van der Waals surface area contributed by atoms with Crippen LogP contribution in [0, 0.1) is 6.92 Å². The molecule has 6 nitrogen and oxygen atoms in total. The van der Waals surface area contributed by atoms with E-state index in [0.29, 0.717) is 18.0 Å². The fourth-order valence-electron chi connectivity index (χ4n) is 2.02. The van der Waals surface area contributed by atoms with Crippen LogP contribution in [0.1, 0.15) is 11.3 Å². The summed E-state index contributed by atoms with van der Waals surface area (Å²) < 4.78 is 12.0. The van der Waals surface area contributed by atoms with Gasteiger partial charge < -0.3 is 19.9 Å². The number of phenolic OH excluding ortho intramolecular Hbond substituents is 1. The van der Waals surface area contributed by atoms with E-state index in [0.717, 1.165) is 16.9 Å². The predicted octanol–water partition coefficient (Wildman–Crippen LogP) is 2.06. The van der Waals surface area contributed by atoms with E-state index in [2.05, 4.69) is 10.4 Å². The number of ether oxygens (including phenoxy) is 2. The fraction of sp³-hybridized carbons (Fsp3) is 0.357. The smallest absolute Gasteiger partial charge is 0.200 e. The van der Waals surface area contributed by atoms with Gasteiger partial charge in [0.15, 0.2) is 11.5 Å². The highest BCUT2D eigenvalue weighted by Crippen LogP contribution is 2.37. The van der Waals surface area contributed by atoms with Gasteiger partial charge in [-0.1, -0.05) is 0 Å². The molecule has 1 aromatic heterocycles. The molecule has 0 radical (unpaired) electrons. The van der Waals surface area contributed by atoms with Crippen LogP contribution in [0.25, 0.3) is 0 Å². The Bertz CT molecular complexity index is 583. The summed E-state index contributed by atoms with van der Waals surface area (Å²) in [5.74, 6) is 0.796. The van der Waals surface area contributed by atoms with Crippen LogP contribution in [0.2, 0.25) is 0 Å². The Morgan fingerprint density at radius 1 is 1.25 bits per heavy atom. The topological polar surface area (TPSA) is 68.5 Å². The van der Waals surface area contributed by atoms with Crippen molar-refractivity contribution in [1.82, 2.24) is 9.78 Å². The van der Waals surface area contributed by atoms with E-state index < -0.39 is 0 Å². The summed E-state index contributed by atoms with van der Waals surface area (Å²) in [4.78, 5) is 0. The SMILES string of the molecule is COc1cc(CNc2cn(C)nc2C)cc(OC)c1O. The highest BCUT2D eigenvalue weighted by atomic mass is 16.5. The van der Waals surface area contributed by atoms with E-state index in [4.69, 9.17) is 9.47 Å². The molecule has 0 bridgehead atoms. The highest BCUT2D eigenvalue weighted by Gasteiger charge is 2.11. The van der Waals surface area contributed by atoms with Gasteiger partial charge in [0, 0.05) is 19.8 Å². The molecule has 2 rings (SSSR count). The number of nitrogens with one attached hydrogen (secondary N) is 1. The van der Waals surface area contributed by atoms with Crippen LogP contribution < -0.4 is 14.8 Å². The van der Waals surface area contributed by atoms with E-state index in [-0.39, 0.29) is 5.75 Å². The van der Waals surface area contributed by atoms with E-state index in [1.807, 2.05) is 20.2 Å². The second-order valence-electron chi connectivity index (χ2n) is 4.50. The van der Waals surface area contributed by atoms with Crippen molar-refractivity contribution >= 4 is 5.69 Å². The number of aromatic nitrogens is 2. The van der Waals surface area contributed by atoms with Crippen molar-refractivity contribution in [2.45, 2.75) is 13.5 Å². The first-order valence-electron chi connectivity index (χ1n) is 6.23. The van der Waals surface area contributed by atoms with Crippen LogP contribution in [-0.2, 0) is 13.6 Å². The molecule has 0 aliphatic heterocycles. The molecule has 0 fully saturated rings. The Morgan fingerprint density at radius 2 is 1.85 bits per heavy atom. The van der Waals surface area contributed by atoms with E-state index >= 15 is 0 Å². The molecule has 0 saturated heterocycles. The minimum atomic E-state index is 0.0105. The Hall–Kier alpha value is -2.37. The Morgan fingerprint density at radius 3 is 2.30 bits per heavy atom. The lowest BCUT2D eigenvalue weighted by Gasteiger charge is -2.12. The molecule has 0 amide bonds. The molecule has 0 atom stereocenters. The summed E-state index contributed by atoms with van der Waals surface area (Å²) in [6.45, 7) is 2.53. The van der Waals surface area contributed by atoms with Gasteiger partial charge in [0.1, 0.15) is 0 Å². The number of nitrogens with zero attached hydrogens (tertiary/aromatic N) is 2. The third kappa shape index (κ3) is 2.79. The standard InChI is InChI=1S/C14H19N3O3/c1-9-11(8-17(2)16-9)15-7-10-5-12(19-3)14(18)13(6-10)20-4/h5-6,8,15,18H,7H2,1-4H3. The zero-order chi connectivity index (χ0) is 14.7. The lowest BCUT2D eigenvalue weighted by Crippen LogP contribution is -2.01. The van der Waals surface area contributed by atoms with Gasteiger partial charge in [-0.3, -0.25) is 4.68 Å². The molecule has 0 aliphatic rings. The summed E-state index contributed by atoms with van der Waals surface area (Å²) in [6, 6.07) is 3.55. The number of rotatable bonds is 5. The molecular formula is C14H19N3O3. The van der Waals surface area contributed by atoms with Gasteiger partial charge in [0.25, 0.3) is 0 Å². The number of phenols is 1. The lowest BCUT2D eigenvalue weighted by atomic mass is 10.1. The maximum Gasteiger partial charge on any atom is 0.200 e. The number of anilines is 1. The number of aryl methyl sites for hydroxylation is 2. The largest absolute Gasteiger partial charge is 0.502 e. The molecule has 20 heavy (non-hydrogen) atoms. The predicted molar refractivity (Wildman–Crippen MR) is 76.5 cm³/mol. The number of hydrogen-bond acceptors (Lipinski definition) is 5. The van der Waals surface area contributed by atoms with Crippen LogP contribution in [0.15, 0.2) is 18.3 Å². The van der Waals surface area contributed by atoms with Crippen molar-refractivity contribution in [2.24, 2.45) is 7.05 Å². The third-order valence-corrected chi connectivity index (χ3v) is 3.04. The van der Waals surface area contributed by atoms with Crippen molar-refractivity contribution in [3.05, 3.63) is 29.6 Å². The van der Waals surface area contributed by atoms with Gasteiger partial charge in [0.05, 0.1) is 25.6 Å². The number of methoxy groups -OCH3 is 2. The minimum absolute atomic E-state index is 0.0105. The minimum Gasteiger partial charge on any atom is -0.502 e. The maximum absolute atomic E-state index is 9.86. The Kier molecular flexibility index (Phi) is 4.02. The maximum atomic E-state index is 9.86. The van der Waals surface area contributed by atoms with Crippen molar-refractivity contribution in [1.29, 1.82) is 0 Å². The molecular weight excluding hydrogens is 258 g/mol. The number of benzene rings is 1. The Labute approximate surface area is 117 Å². The van der Waals surface area contributed by atoms with E-state index in [1.165, 1.54) is 14.2 Å². The van der Waals surface area contributed by atoms with E-state index in [1.54, 1.807) is 16.8 Å². The lowest BCUT2D eigenvalue weighted by molar-refractivity contribution is 0.339. The second kappa shape index (κ2) is 5.73. The normalized spacial score (nSPS) is 10.4. The quantitative estimate of drug-likeness (QED) is 0.875. The van der Waals surface area contributed by atoms with Gasteiger partial charge in [-0.15, -0.1) is 0 Å². The average Bonchev–Trinajstić information content (AvgIpc) is 2.75. The molecule has 0 unspecified atom stereocenters. The zero-order valence-electron chi connectivity index (χ0n) is 12.1. The zero-order valence-corrected chi connectivity index (χ0v) is 12.1. The fourth-order valence-corrected chi connectivity index (χ4v) is 2.02. The second-order valence-corrected chi connectivity index (χ2v) is 4.50. The first-order valence-corrected chi connectivity index (χ1v) is 6.23. The van der Waals surface area contributed by atoms with Crippen molar-refractivity contribution in [3.63, 3.8) is 0 Å². The molecule has 0 spiro atoms. The third-order valence-electron chi connectivity index (χ3n) is 3.04. The molecule has 0 saturated carbocycles. The molecule has 2 N–H and O–H groups in total. The molecule has 2 aromatic rings. The van der Waals surface area contributed by atoms with Gasteiger partial charge in [0.2, 0.25) is 5.75 Å². The molecule has 6 heteroatoms. The summed E-state index contributed by atoms with van der Waals surface area (Å²) in [6.07, 6.45) is 1.92. The van der Waals surface area contributed by atoms with Crippen LogP contribution in [0.3, 0.4) is 0 Å². The molecule has 0 aliphatic carbocycles. The summed E-state index contributed by atoms with van der Waals surface area (Å²) in [7, 11) is 4.90. The molecule has 108 valence electrons. The summed E-state index contributed by atoms with van der Waals surface area (Å²) >= 11 is 0.